The van der Waals surface area contributed by atoms with E-state index in [2.05, 4.69) is 42.3 Å². The Hall–Kier alpha value is -2.56. The predicted molar refractivity (Wildman–Crippen MR) is 102 cm³/mol. The van der Waals surface area contributed by atoms with Gasteiger partial charge in [0.15, 0.2) is 0 Å². The van der Waals surface area contributed by atoms with Gasteiger partial charge in [-0.2, -0.15) is 0 Å². The molecule has 1 fully saturated rings. The minimum absolute atomic E-state index is 0.0624. The molecule has 0 aliphatic heterocycles. The van der Waals surface area contributed by atoms with Crippen LogP contribution in [0.5, 0.6) is 0 Å². The van der Waals surface area contributed by atoms with Crippen molar-refractivity contribution in [3.05, 3.63) is 52.1 Å². The van der Waals surface area contributed by atoms with Crippen LogP contribution < -0.4 is 11.0 Å². The first-order chi connectivity index (χ1) is 12.0. The standard InChI is InChI=1S/C20H24N4O/c1-13-8-9-16(14(2)10-13)22-19-11-17-18(12-21-19)23(3)20(25)24(17)15-6-4-5-7-15/h8-12,15H,4-7H2,1-3H3,(H,21,22). The van der Waals surface area contributed by atoms with Crippen LogP contribution in [0.1, 0.15) is 42.9 Å². The van der Waals surface area contributed by atoms with Gasteiger partial charge in [0.25, 0.3) is 0 Å². The van der Waals surface area contributed by atoms with Crippen molar-refractivity contribution in [2.24, 2.45) is 7.05 Å². The number of nitrogens with zero attached hydrogens (tertiary/aromatic N) is 3. The maximum Gasteiger partial charge on any atom is 0.329 e. The van der Waals surface area contributed by atoms with Crippen molar-refractivity contribution in [2.75, 3.05) is 5.32 Å². The minimum atomic E-state index is 0.0624. The van der Waals surface area contributed by atoms with E-state index in [4.69, 9.17) is 0 Å². The van der Waals surface area contributed by atoms with Gasteiger partial charge in [-0.25, -0.2) is 9.78 Å². The first-order valence-electron chi connectivity index (χ1n) is 8.96. The number of anilines is 2. The van der Waals surface area contributed by atoms with Crippen LogP contribution in [0.15, 0.2) is 35.3 Å². The molecule has 0 radical (unpaired) electrons. The summed E-state index contributed by atoms with van der Waals surface area (Å²) in [5.74, 6) is 0.775. The lowest BCUT2D eigenvalue weighted by molar-refractivity contribution is 0.509. The number of rotatable bonds is 3. The zero-order valence-corrected chi connectivity index (χ0v) is 15.0. The van der Waals surface area contributed by atoms with E-state index in [1.54, 1.807) is 10.8 Å². The van der Waals surface area contributed by atoms with Crippen LogP contribution in [0.3, 0.4) is 0 Å². The Labute approximate surface area is 147 Å². The maximum absolute atomic E-state index is 12.7. The number of nitrogens with one attached hydrogen (secondary N) is 1. The van der Waals surface area contributed by atoms with Gasteiger partial charge in [-0.3, -0.25) is 9.13 Å². The van der Waals surface area contributed by atoms with Crippen LogP contribution in [0.25, 0.3) is 11.0 Å². The fourth-order valence-electron chi connectivity index (χ4n) is 3.93. The highest BCUT2D eigenvalue weighted by molar-refractivity contribution is 5.79. The van der Waals surface area contributed by atoms with Crippen LogP contribution >= 0.6 is 0 Å². The van der Waals surface area contributed by atoms with Crippen molar-refractivity contribution in [1.82, 2.24) is 14.1 Å². The van der Waals surface area contributed by atoms with E-state index in [9.17, 15) is 4.79 Å². The molecule has 0 bridgehead atoms. The molecule has 2 heterocycles. The summed E-state index contributed by atoms with van der Waals surface area (Å²) >= 11 is 0. The minimum Gasteiger partial charge on any atom is -0.340 e. The van der Waals surface area contributed by atoms with Gasteiger partial charge in [-0.05, 0) is 38.3 Å². The second-order valence-corrected chi connectivity index (χ2v) is 7.15. The average Bonchev–Trinajstić information content (AvgIpc) is 3.18. The summed E-state index contributed by atoms with van der Waals surface area (Å²) < 4.78 is 3.68. The average molecular weight is 336 g/mol. The molecule has 1 aliphatic carbocycles. The highest BCUT2D eigenvalue weighted by Crippen LogP contribution is 2.32. The number of benzene rings is 1. The SMILES string of the molecule is Cc1ccc(Nc2cc3c(cn2)n(C)c(=O)n3C2CCCC2)c(C)c1. The van der Waals surface area contributed by atoms with Gasteiger partial charge >= 0.3 is 5.69 Å². The second-order valence-electron chi connectivity index (χ2n) is 7.15. The van der Waals surface area contributed by atoms with Crippen molar-refractivity contribution < 1.29 is 0 Å². The molecule has 0 atom stereocenters. The summed E-state index contributed by atoms with van der Waals surface area (Å²) in [6.45, 7) is 4.18. The largest absolute Gasteiger partial charge is 0.340 e. The van der Waals surface area contributed by atoms with Crippen molar-refractivity contribution in [3.8, 4) is 0 Å². The van der Waals surface area contributed by atoms with Gasteiger partial charge in [0.1, 0.15) is 5.82 Å². The topological polar surface area (TPSA) is 51.9 Å². The summed E-state index contributed by atoms with van der Waals surface area (Å²) in [5, 5.41) is 3.40. The molecule has 5 heteroatoms. The number of aromatic nitrogens is 3. The first-order valence-corrected chi connectivity index (χ1v) is 8.96. The molecule has 5 nitrogen and oxygen atoms in total. The highest BCUT2D eigenvalue weighted by atomic mass is 16.1. The van der Waals surface area contributed by atoms with Crippen molar-refractivity contribution in [1.29, 1.82) is 0 Å². The Morgan fingerprint density at radius 2 is 1.88 bits per heavy atom. The van der Waals surface area contributed by atoms with Gasteiger partial charge in [0.05, 0.1) is 17.2 Å². The van der Waals surface area contributed by atoms with E-state index < -0.39 is 0 Å². The third-order valence-electron chi connectivity index (χ3n) is 5.31. The lowest BCUT2D eigenvalue weighted by atomic mass is 10.1. The van der Waals surface area contributed by atoms with Crippen molar-refractivity contribution >= 4 is 22.5 Å². The number of hydrogen-bond acceptors (Lipinski definition) is 3. The molecule has 130 valence electrons. The van der Waals surface area contributed by atoms with E-state index >= 15 is 0 Å². The van der Waals surface area contributed by atoms with Crippen LogP contribution in [-0.2, 0) is 7.05 Å². The fourth-order valence-corrected chi connectivity index (χ4v) is 3.93. The maximum atomic E-state index is 12.7. The summed E-state index contributed by atoms with van der Waals surface area (Å²) in [4.78, 5) is 17.2. The summed E-state index contributed by atoms with van der Waals surface area (Å²) in [7, 11) is 1.83. The molecule has 0 unspecified atom stereocenters. The molecule has 1 aromatic carbocycles. The summed E-state index contributed by atoms with van der Waals surface area (Å²) in [6, 6.07) is 8.63. The van der Waals surface area contributed by atoms with E-state index in [1.165, 1.54) is 24.0 Å². The molecule has 4 rings (SSSR count). The fraction of sp³-hybridized carbons (Fsp3) is 0.400. The number of pyridine rings is 1. The Morgan fingerprint density at radius 3 is 2.60 bits per heavy atom. The van der Waals surface area contributed by atoms with E-state index in [0.29, 0.717) is 6.04 Å². The van der Waals surface area contributed by atoms with Crippen LogP contribution in [0, 0.1) is 13.8 Å². The Balaban J connectivity index is 1.79. The molecular formula is C20H24N4O. The number of aryl methyl sites for hydroxylation is 3. The van der Waals surface area contributed by atoms with Crippen LogP contribution in [-0.4, -0.2) is 14.1 Å². The Kier molecular flexibility index (Phi) is 3.86. The van der Waals surface area contributed by atoms with Gasteiger partial charge in [0, 0.05) is 24.8 Å². The molecule has 2 aromatic heterocycles. The quantitative estimate of drug-likeness (QED) is 0.779. The van der Waals surface area contributed by atoms with Crippen molar-refractivity contribution in [3.63, 3.8) is 0 Å². The predicted octanol–water partition coefficient (Wildman–Crippen LogP) is 4.21. The lowest BCUT2D eigenvalue weighted by Crippen LogP contribution is -2.24. The van der Waals surface area contributed by atoms with Crippen LogP contribution in [0.2, 0.25) is 0 Å². The third-order valence-corrected chi connectivity index (χ3v) is 5.31. The molecule has 1 N–H and O–H groups in total. The number of imidazole rings is 1. The Morgan fingerprint density at radius 1 is 1.12 bits per heavy atom. The molecule has 0 amide bonds. The molecule has 1 aliphatic rings. The first kappa shape index (κ1) is 15.9. The van der Waals surface area contributed by atoms with Gasteiger partial charge in [-0.1, -0.05) is 30.5 Å². The van der Waals surface area contributed by atoms with Gasteiger partial charge in [0.2, 0.25) is 0 Å². The normalized spacial score (nSPS) is 15.2. The van der Waals surface area contributed by atoms with E-state index in [-0.39, 0.29) is 5.69 Å². The van der Waals surface area contributed by atoms with Gasteiger partial charge < -0.3 is 5.32 Å². The molecule has 3 aromatic rings. The third kappa shape index (κ3) is 2.73. The smallest absolute Gasteiger partial charge is 0.329 e. The zero-order valence-electron chi connectivity index (χ0n) is 15.0. The van der Waals surface area contributed by atoms with Crippen LogP contribution in [0.4, 0.5) is 11.5 Å². The highest BCUT2D eigenvalue weighted by Gasteiger charge is 2.23. The molecule has 1 saturated carbocycles. The Bertz CT molecular complexity index is 993. The summed E-state index contributed by atoms with van der Waals surface area (Å²) in [6.07, 6.45) is 6.37. The molecule has 0 spiro atoms. The molecule has 25 heavy (non-hydrogen) atoms. The van der Waals surface area contributed by atoms with E-state index in [1.807, 2.05) is 17.7 Å². The second kappa shape index (κ2) is 6.06. The molecular weight excluding hydrogens is 312 g/mol. The number of hydrogen-bond donors (Lipinski definition) is 1. The summed E-state index contributed by atoms with van der Waals surface area (Å²) in [5.41, 5.74) is 5.40. The number of fused-ring (bicyclic) bond motifs is 1. The van der Waals surface area contributed by atoms with Crippen molar-refractivity contribution in [2.45, 2.75) is 45.6 Å². The zero-order chi connectivity index (χ0) is 17.6. The lowest BCUT2D eigenvalue weighted by Gasteiger charge is -2.13. The van der Waals surface area contributed by atoms with Gasteiger partial charge in [-0.15, -0.1) is 0 Å². The van der Waals surface area contributed by atoms with E-state index in [0.717, 1.165) is 35.4 Å². The molecule has 0 saturated heterocycles. The monoisotopic (exact) mass is 336 g/mol.